The predicted molar refractivity (Wildman–Crippen MR) is 138 cm³/mol. The lowest BCUT2D eigenvalue weighted by molar-refractivity contribution is -0.0199. The number of hydrogen-bond donors (Lipinski definition) is 0. The third-order valence-corrected chi connectivity index (χ3v) is 4.09. The molecule has 0 aromatic heterocycles. The standard InChI is InChI=1S/C24H46BrNO10/c1-23(2,3)35-21(27)26(22(28)36-24(4,5)6)8-10-30-12-14-32-16-18-34-20-19-33-17-15-31-13-11-29-9-7-25/h7-20H2,1-6H3. The zero-order valence-corrected chi connectivity index (χ0v) is 24.4. The zero-order chi connectivity index (χ0) is 27.3. The van der Waals surface area contributed by atoms with Gasteiger partial charge in [-0.25, -0.2) is 14.5 Å². The second-order valence-electron chi connectivity index (χ2n) is 9.48. The lowest BCUT2D eigenvalue weighted by atomic mass is 10.2. The molecule has 0 fully saturated rings. The van der Waals surface area contributed by atoms with Gasteiger partial charge in [-0.3, -0.25) is 0 Å². The number of nitrogens with zero attached hydrogens (tertiary/aromatic N) is 1. The van der Waals surface area contributed by atoms with E-state index < -0.39 is 23.4 Å². The van der Waals surface area contributed by atoms with Crippen LogP contribution in [0.2, 0.25) is 0 Å². The molecule has 0 aliphatic rings. The van der Waals surface area contributed by atoms with Crippen molar-refractivity contribution in [3.63, 3.8) is 0 Å². The number of imide groups is 1. The Morgan fingerprint density at radius 3 is 1.08 bits per heavy atom. The summed E-state index contributed by atoms with van der Waals surface area (Å²) in [6.07, 6.45) is -1.55. The van der Waals surface area contributed by atoms with Gasteiger partial charge in [0, 0.05) is 5.33 Å². The van der Waals surface area contributed by atoms with Gasteiger partial charge >= 0.3 is 12.2 Å². The van der Waals surface area contributed by atoms with Crippen molar-refractivity contribution in [2.45, 2.75) is 52.7 Å². The van der Waals surface area contributed by atoms with Gasteiger partial charge < -0.3 is 37.9 Å². The molecule has 0 saturated carbocycles. The minimum absolute atomic E-state index is 0.00288. The Labute approximate surface area is 224 Å². The summed E-state index contributed by atoms with van der Waals surface area (Å²) in [7, 11) is 0. The van der Waals surface area contributed by atoms with Crippen molar-refractivity contribution in [1.82, 2.24) is 4.90 Å². The molecular weight excluding hydrogens is 542 g/mol. The predicted octanol–water partition coefficient (Wildman–Crippen LogP) is 3.65. The Balaban J connectivity index is 3.78. The molecular formula is C24H46BrNO10. The lowest BCUT2D eigenvalue weighted by Gasteiger charge is -2.28. The van der Waals surface area contributed by atoms with Crippen LogP contribution in [0.15, 0.2) is 0 Å². The fraction of sp³-hybridized carbons (Fsp3) is 0.917. The van der Waals surface area contributed by atoms with Crippen molar-refractivity contribution in [2.75, 3.05) is 91.2 Å². The van der Waals surface area contributed by atoms with Gasteiger partial charge in [0.25, 0.3) is 0 Å². The highest BCUT2D eigenvalue weighted by Crippen LogP contribution is 2.14. The van der Waals surface area contributed by atoms with Gasteiger partial charge in [0.1, 0.15) is 11.2 Å². The van der Waals surface area contributed by atoms with Crippen LogP contribution in [-0.4, -0.2) is 119 Å². The Morgan fingerprint density at radius 2 is 0.806 bits per heavy atom. The molecule has 2 amide bonds. The highest BCUT2D eigenvalue weighted by Gasteiger charge is 2.30. The quantitative estimate of drug-likeness (QED) is 0.154. The SMILES string of the molecule is CC(C)(C)OC(=O)N(CCOCCOCCOCCOCCOCCOCCBr)C(=O)OC(C)(C)C. The number of ether oxygens (including phenoxy) is 8. The maximum Gasteiger partial charge on any atom is 0.419 e. The molecule has 0 aliphatic carbocycles. The zero-order valence-electron chi connectivity index (χ0n) is 22.8. The van der Waals surface area contributed by atoms with E-state index in [1.165, 1.54) is 0 Å². The van der Waals surface area contributed by atoms with Crippen LogP contribution >= 0.6 is 15.9 Å². The molecule has 0 aromatic carbocycles. The normalized spacial score (nSPS) is 12.0. The van der Waals surface area contributed by atoms with Crippen molar-refractivity contribution < 1.29 is 47.5 Å². The first-order chi connectivity index (χ1) is 17.0. The summed E-state index contributed by atoms with van der Waals surface area (Å²) in [6.45, 7) is 15.8. The van der Waals surface area contributed by atoms with Crippen LogP contribution in [0.5, 0.6) is 0 Å². The first-order valence-electron chi connectivity index (χ1n) is 12.2. The summed E-state index contributed by atoms with van der Waals surface area (Å²) in [5.74, 6) is 0. The van der Waals surface area contributed by atoms with E-state index in [-0.39, 0.29) is 13.2 Å². The Hall–Kier alpha value is -1.02. The Kier molecular flexibility index (Phi) is 20.4. The number of carbonyl (C=O) groups excluding carboxylic acids is 2. The van der Waals surface area contributed by atoms with Gasteiger partial charge in [-0.15, -0.1) is 0 Å². The second kappa shape index (κ2) is 21.0. The molecule has 11 nitrogen and oxygen atoms in total. The molecule has 12 heteroatoms. The number of amides is 2. The summed E-state index contributed by atoms with van der Waals surface area (Å²) in [5.41, 5.74) is -1.48. The third kappa shape index (κ3) is 23.4. The van der Waals surface area contributed by atoms with E-state index in [0.717, 1.165) is 10.2 Å². The minimum Gasteiger partial charge on any atom is -0.443 e. The van der Waals surface area contributed by atoms with Gasteiger partial charge in [0.05, 0.1) is 85.8 Å². The summed E-state index contributed by atoms with van der Waals surface area (Å²) < 4.78 is 43.0. The molecule has 0 atom stereocenters. The molecule has 0 saturated heterocycles. The summed E-state index contributed by atoms with van der Waals surface area (Å²) in [5, 5.41) is 0.822. The van der Waals surface area contributed by atoms with E-state index in [1.807, 2.05) is 0 Å². The van der Waals surface area contributed by atoms with Crippen LogP contribution in [0.25, 0.3) is 0 Å². The smallest absolute Gasteiger partial charge is 0.419 e. The van der Waals surface area contributed by atoms with E-state index in [2.05, 4.69) is 15.9 Å². The van der Waals surface area contributed by atoms with Gasteiger partial charge in [-0.05, 0) is 41.5 Å². The summed E-state index contributed by atoms with van der Waals surface area (Å²) in [6, 6.07) is 0. The van der Waals surface area contributed by atoms with Crippen LogP contribution < -0.4 is 0 Å². The first kappa shape index (κ1) is 35.0. The van der Waals surface area contributed by atoms with Crippen LogP contribution in [0.4, 0.5) is 9.59 Å². The number of halogens is 1. The molecule has 0 unspecified atom stereocenters. The Bertz CT molecular complexity index is 538. The monoisotopic (exact) mass is 587 g/mol. The highest BCUT2D eigenvalue weighted by molar-refractivity contribution is 9.09. The highest BCUT2D eigenvalue weighted by atomic mass is 79.9. The number of rotatable bonds is 20. The summed E-state index contributed by atoms with van der Waals surface area (Å²) in [4.78, 5) is 25.7. The maximum absolute atomic E-state index is 12.4. The van der Waals surface area contributed by atoms with Crippen molar-refractivity contribution in [3.05, 3.63) is 0 Å². The van der Waals surface area contributed by atoms with Gasteiger partial charge in [0.15, 0.2) is 0 Å². The molecule has 0 bridgehead atoms. The molecule has 0 radical (unpaired) electrons. The number of hydrogen-bond acceptors (Lipinski definition) is 10. The van der Waals surface area contributed by atoms with Gasteiger partial charge in [-0.1, -0.05) is 15.9 Å². The van der Waals surface area contributed by atoms with Crippen molar-refractivity contribution >= 4 is 28.1 Å². The molecule has 0 aromatic rings. The topological polar surface area (TPSA) is 111 Å². The molecule has 0 spiro atoms. The average Bonchev–Trinajstić information content (AvgIpc) is 2.75. The molecule has 0 N–H and O–H groups in total. The second-order valence-corrected chi connectivity index (χ2v) is 10.3. The number of carbonyl (C=O) groups is 2. The first-order valence-corrected chi connectivity index (χ1v) is 13.3. The van der Waals surface area contributed by atoms with E-state index in [9.17, 15) is 9.59 Å². The van der Waals surface area contributed by atoms with Crippen molar-refractivity contribution in [2.24, 2.45) is 0 Å². The molecule has 0 rings (SSSR count). The molecule has 0 aliphatic heterocycles. The van der Waals surface area contributed by atoms with Gasteiger partial charge in [-0.2, -0.15) is 0 Å². The molecule has 36 heavy (non-hydrogen) atoms. The van der Waals surface area contributed by atoms with Crippen molar-refractivity contribution in [1.29, 1.82) is 0 Å². The largest absolute Gasteiger partial charge is 0.443 e. The van der Waals surface area contributed by atoms with E-state index in [4.69, 9.17) is 37.9 Å². The van der Waals surface area contributed by atoms with Crippen LogP contribution in [0, 0.1) is 0 Å². The fourth-order valence-corrected chi connectivity index (χ4v) is 2.53. The van der Waals surface area contributed by atoms with Crippen LogP contribution in [0.3, 0.4) is 0 Å². The average molecular weight is 589 g/mol. The minimum atomic E-state index is -0.777. The summed E-state index contributed by atoms with van der Waals surface area (Å²) >= 11 is 3.29. The third-order valence-electron chi connectivity index (χ3n) is 3.77. The maximum atomic E-state index is 12.4. The fourth-order valence-electron chi connectivity index (χ4n) is 2.30. The van der Waals surface area contributed by atoms with E-state index >= 15 is 0 Å². The number of alkyl halides is 1. The van der Waals surface area contributed by atoms with Gasteiger partial charge in [0.2, 0.25) is 0 Å². The molecule has 214 valence electrons. The lowest BCUT2D eigenvalue weighted by Crippen LogP contribution is -2.45. The van der Waals surface area contributed by atoms with Crippen LogP contribution in [-0.2, 0) is 37.9 Å². The van der Waals surface area contributed by atoms with E-state index in [0.29, 0.717) is 72.7 Å². The van der Waals surface area contributed by atoms with Crippen LogP contribution in [0.1, 0.15) is 41.5 Å². The Morgan fingerprint density at radius 1 is 0.528 bits per heavy atom. The molecule has 0 heterocycles. The van der Waals surface area contributed by atoms with Crippen molar-refractivity contribution in [3.8, 4) is 0 Å². The van der Waals surface area contributed by atoms with E-state index in [1.54, 1.807) is 41.5 Å².